The smallest absolute Gasteiger partial charge is 0.188 e. The van der Waals surface area contributed by atoms with E-state index in [1.165, 1.54) is 0 Å². The molecule has 3 N–H and O–H groups in total. The third-order valence-electron chi connectivity index (χ3n) is 2.50. The van der Waals surface area contributed by atoms with Crippen LogP contribution in [0.25, 0.3) is 0 Å². The van der Waals surface area contributed by atoms with E-state index in [1.54, 1.807) is 7.11 Å². The van der Waals surface area contributed by atoms with E-state index in [1.807, 2.05) is 31.2 Å². The Balaban J connectivity index is 2.62. The molecule has 0 heterocycles. The number of ether oxygens (including phenoxy) is 1. The molecular weight excluding hydrogens is 262 g/mol. The lowest BCUT2D eigenvalue weighted by atomic mass is 10.1. The second-order valence-electron chi connectivity index (χ2n) is 4.32. The van der Waals surface area contributed by atoms with Crippen molar-refractivity contribution in [2.75, 3.05) is 20.2 Å². The number of nitrogens with one attached hydrogen (secondary N) is 1. The number of rotatable bonds is 6. The fourth-order valence-corrected chi connectivity index (χ4v) is 1.70. The van der Waals surface area contributed by atoms with Crippen molar-refractivity contribution in [2.24, 2.45) is 10.7 Å². The quantitative estimate of drug-likeness (QED) is 0.478. The van der Waals surface area contributed by atoms with Crippen molar-refractivity contribution in [3.05, 3.63) is 47.0 Å². The number of hydrogen-bond acceptors (Lipinski definition) is 2. The minimum atomic E-state index is -0.163. The third-order valence-corrected chi connectivity index (χ3v) is 2.74. The summed E-state index contributed by atoms with van der Waals surface area (Å²) in [6.45, 7) is 6.76. The van der Waals surface area contributed by atoms with Crippen molar-refractivity contribution < 1.29 is 4.74 Å². The maximum atomic E-state index is 5.96. The van der Waals surface area contributed by atoms with Crippen molar-refractivity contribution in [3.8, 4) is 0 Å². The highest BCUT2D eigenvalue weighted by Gasteiger charge is 2.10. The molecular formula is C14H20ClN3O. The Morgan fingerprint density at radius 3 is 2.89 bits per heavy atom. The van der Waals surface area contributed by atoms with Crippen LogP contribution in [0, 0.1) is 0 Å². The van der Waals surface area contributed by atoms with E-state index < -0.39 is 0 Å². The van der Waals surface area contributed by atoms with E-state index in [0.29, 0.717) is 24.1 Å². The summed E-state index contributed by atoms with van der Waals surface area (Å²) in [5.74, 6) is 0.382. The second-order valence-corrected chi connectivity index (χ2v) is 4.75. The van der Waals surface area contributed by atoms with Gasteiger partial charge in [-0.2, -0.15) is 0 Å². The molecule has 104 valence electrons. The Hall–Kier alpha value is -1.52. The summed E-state index contributed by atoms with van der Waals surface area (Å²) >= 11 is 5.96. The summed E-state index contributed by atoms with van der Waals surface area (Å²) in [5, 5.41) is 3.65. The highest BCUT2D eigenvalue weighted by Crippen LogP contribution is 2.20. The number of nitrogens with two attached hydrogens (primary N) is 1. The van der Waals surface area contributed by atoms with Crippen molar-refractivity contribution in [1.82, 2.24) is 5.32 Å². The lowest BCUT2D eigenvalue weighted by molar-refractivity contribution is 0.111. The molecule has 0 aliphatic carbocycles. The molecule has 0 radical (unpaired) electrons. The van der Waals surface area contributed by atoms with E-state index in [0.717, 1.165) is 11.1 Å². The van der Waals surface area contributed by atoms with Gasteiger partial charge in [-0.15, -0.1) is 0 Å². The van der Waals surface area contributed by atoms with Gasteiger partial charge < -0.3 is 15.8 Å². The molecule has 5 heteroatoms. The minimum absolute atomic E-state index is 0.163. The Kier molecular flexibility index (Phi) is 6.39. The summed E-state index contributed by atoms with van der Waals surface area (Å²) in [6.07, 6.45) is -0.163. The largest absolute Gasteiger partial charge is 0.375 e. The van der Waals surface area contributed by atoms with Gasteiger partial charge in [0.1, 0.15) is 6.10 Å². The van der Waals surface area contributed by atoms with E-state index in [-0.39, 0.29) is 6.10 Å². The fourth-order valence-electron chi connectivity index (χ4n) is 1.50. The monoisotopic (exact) mass is 281 g/mol. The van der Waals surface area contributed by atoms with Gasteiger partial charge in [-0.1, -0.05) is 35.9 Å². The molecule has 0 bridgehead atoms. The summed E-state index contributed by atoms with van der Waals surface area (Å²) in [4.78, 5) is 4.25. The van der Waals surface area contributed by atoms with Gasteiger partial charge in [-0.05, 0) is 24.6 Å². The van der Waals surface area contributed by atoms with E-state index in [4.69, 9.17) is 22.1 Å². The van der Waals surface area contributed by atoms with Gasteiger partial charge in [-0.25, -0.2) is 0 Å². The lowest BCUT2D eigenvalue weighted by Gasteiger charge is -2.14. The maximum Gasteiger partial charge on any atom is 0.188 e. The number of hydrogen-bond donors (Lipinski definition) is 2. The third kappa shape index (κ3) is 5.77. The van der Waals surface area contributed by atoms with Crippen LogP contribution in [0.3, 0.4) is 0 Å². The van der Waals surface area contributed by atoms with Gasteiger partial charge >= 0.3 is 0 Å². The first-order chi connectivity index (χ1) is 9.02. The molecule has 1 rings (SSSR count). The zero-order chi connectivity index (χ0) is 14.3. The number of guanidine groups is 1. The number of benzene rings is 1. The van der Waals surface area contributed by atoms with Crippen LogP contribution in [0.4, 0.5) is 0 Å². The zero-order valence-electron chi connectivity index (χ0n) is 11.3. The van der Waals surface area contributed by atoms with Crippen LogP contribution >= 0.6 is 11.6 Å². The van der Waals surface area contributed by atoms with Gasteiger partial charge in [0.25, 0.3) is 0 Å². The molecule has 1 aromatic rings. The van der Waals surface area contributed by atoms with E-state index in [2.05, 4.69) is 16.9 Å². The average molecular weight is 282 g/mol. The summed E-state index contributed by atoms with van der Waals surface area (Å²) < 4.78 is 5.40. The molecule has 0 saturated heterocycles. The van der Waals surface area contributed by atoms with E-state index in [9.17, 15) is 0 Å². The van der Waals surface area contributed by atoms with Gasteiger partial charge in [-0.3, -0.25) is 4.99 Å². The predicted molar refractivity (Wildman–Crippen MR) is 80.5 cm³/mol. The fraction of sp³-hybridized carbons (Fsp3) is 0.357. The number of aliphatic imine (C=N–C) groups is 1. The normalized spacial score (nSPS) is 13.1. The Labute approximate surface area is 119 Å². The van der Waals surface area contributed by atoms with Crippen molar-refractivity contribution in [2.45, 2.75) is 13.0 Å². The molecule has 0 spiro atoms. The highest BCUT2D eigenvalue weighted by atomic mass is 35.5. The molecule has 0 saturated carbocycles. The molecule has 19 heavy (non-hydrogen) atoms. The standard InChI is InChI=1S/C14H20ClN3O/c1-10(2)8-17-14(16)18-9-13(19-3)11-5-4-6-12(15)7-11/h4-7,13H,1,8-9H2,2-3H3,(H3,16,17,18). The second kappa shape index (κ2) is 7.81. The first-order valence-corrected chi connectivity index (χ1v) is 6.37. The number of methoxy groups -OCH3 is 1. The zero-order valence-corrected chi connectivity index (χ0v) is 12.1. The van der Waals surface area contributed by atoms with Gasteiger partial charge in [0.05, 0.1) is 6.54 Å². The maximum absolute atomic E-state index is 5.96. The predicted octanol–water partition coefficient (Wildman–Crippen LogP) is 2.51. The van der Waals surface area contributed by atoms with Crippen molar-refractivity contribution in [3.63, 3.8) is 0 Å². The first kappa shape index (κ1) is 15.5. The molecule has 1 atom stereocenters. The molecule has 0 amide bonds. The molecule has 0 aromatic heterocycles. The molecule has 0 aliphatic rings. The first-order valence-electron chi connectivity index (χ1n) is 5.99. The Morgan fingerprint density at radius 2 is 2.32 bits per heavy atom. The highest BCUT2D eigenvalue weighted by molar-refractivity contribution is 6.30. The molecule has 1 aromatic carbocycles. The number of halogens is 1. The summed E-state index contributed by atoms with van der Waals surface area (Å²) in [7, 11) is 1.64. The molecule has 0 fully saturated rings. The van der Waals surface area contributed by atoms with Crippen LogP contribution in [0.2, 0.25) is 5.02 Å². The minimum Gasteiger partial charge on any atom is -0.375 e. The summed E-state index contributed by atoms with van der Waals surface area (Å²) in [6, 6.07) is 7.52. The average Bonchev–Trinajstić information content (AvgIpc) is 2.37. The van der Waals surface area contributed by atoms with Gasteiger partial charge in [0.2, 0.25) is 0 Å². The van der Waals surface area contributed by atoms with Crippen LogP contribution in [0.1, 0.15) is 18.6 Å². The molecule has 1 unspecified atom stereocenters. The lowest BCUT2D eigenvalue weighted by Crippen LogP contribution is -2.33. The Morgan fingerprint density at radius 1 is 1.58 bits per heavy atom. The van der Waals surface area contributed by atoms with Gasteiger partial charge in [0.15, 0.2) is 5.96 Å². The SMILES string of the molecule is C=C(C)CNC(N)=NCC(OC)c1cccc(Cl)c1. The summed E-state index contributed by atoms with van der Waals surface area (Å²) in [5.41, 5.74) is 7.72. The van der Waals surface area contributed by atoms with Crippen LogP contribution in [0.15, 0.2) is 41.4 Å². The molecule has 4 nitrogen and oxygen atoms in total. The Bertz CT molecular complexity index is 460. The van der Waals surface area contributed by atoms with E-state index >= 15 is 0 Å². The van der Waals surface area contributed by atoms with Crippen LogP contribution in [-0.4, -0.2) is 26.2 Å². The van der Waals surface area contributed by atoms with Crippen LogP contribution in [-0.2, 0) is 4.74 Å². The van der Waals surface area contributed by atoms with Crippen LogP contribution < -0.4 is 11.1 Å². The van der Waals surface area contributed by atoms with Crippen LogP contribution in [0.5, 0.6) is 0 Å². The van der Waals surface area contributed by atoms with Crippen molar-refractivity contribution >= 4 is 17.6 Å². The van der Waals surface area contributed by atoms with Crippen molar-refractivity contribution in [1.29, 1.82) is 0 Å². The topological polar surface area (TPSA) is 59.6 Å². The molecule has 0 aliphatic heterocycles. The van der Waals surface area contributed by atoms with Gasteiger partial charge in [0, 0.05) is 18.7 Å². The number of nitrogens with zero attached hydrogens (tertiary/aromatic N) is 1.